The lowest BCUT2D eigenvalue weighted by Crippen LogP contribution is -2.26. The van der Waals surface area contributed by atoms with E-state index in [1.54, 1.807) is 6.07 Å². The second-order valence-corrected chi connectivity index (χ2v) is 6.59. The molecule has 0 atom stereocenters. The number of hydrogen-bond acceptors (Lipinski definition) is 5. The molecule has 0 unspecified atom stereocenters. The minimum absolute atomic E-state index is 0.148. The van der Waals surface area contributed by atoms with Gasteiger partial charge in [-0.2, -0.15) is 0 Å². The summed E-state index contributed by atoms with van der Waals surface area (Å²) in [5.74, 6) is -3.02. The molecule has 134 valence electrons. The Bertz CT molecular complexity index is 806. The molecule has 2 aromatic rings. The SMILES string of the molecule is Cc1cnc(Nc2c(C(=O)NOCCO)cc(Br)c(F)c2F)c(Br)c1. The maximum Gasteiger partial charge on any atom is 0.277 e. The normalized spacial score (nSPS) is 10.6. The van der Waals surface area contributed by atoms with E-state index in [4.69, 9.17) is 9.94 Å². The topological polar surface area (TPSA) is 83.5 Å². The van der Waals surface area contributed by atoms with Crippen LogP contribution >= 0.6 is 31.9 Å². The minimum Gasteiger partial charge on any atom is -0.394 e. The van der Waals surface area contributed by atoms with Crippen molar-refractivity contribution in [1.29, 1.82) is 0 Å². The predicted molar refractivity (Wildman–Crippen MR) is 94.5 cm³/mol. The van der Waals surface area contributed by atoms with Crippen molar-refractivity contribution in [2.75, 3.05) is 18.5 Å². The first-order valence-corrected chi connectivity index (χ1v) is 8.53. The summed E-state index contributed by atoms with van der Waals surface area (Å²) in [4.78, 5) is 21.0. The number of carbonyl (C=O) groups is 1. The Labute approximate surface area is 158 Å². The van der Waals surface area contributed by atoms with Gasteiger partial charge in [0.05, 0.1) is 33.4 Å². The van der Waals surface area contributed by atoms with Crippen LogP contribution in [0.3, 0.4) is 0 Å². The Kier molecular flexibility index (Phi) is 6.82. The fourth-order valence-corrected chi connectivity index (χ4v) is 2.82. The first-order chi connectivity index (χ1) is 11.8. The number of carbonyl (C=O) groups excluding carboxylic acids is 1. The Morgan fingerprint density at radius 1 is 1.28 bits per heavy atom. The zero-order valence-electron chi connectivity index (χ0n) is 12.9. The standard InChI is InChI=1S/C15H13Br2F2N3O3/c1-7-4-10(17)14(20-6-7)21-13-8(15(24)22-25-3-2-23)5-9(16)11(18)12(13)19/h4-6,23H,2-3H2,1H3,(H,20,21)(H,22,24). The van der Waals surface area contributed by atoms with Crippen molar-refractivity contribution in [3.63, 3.8) is 0 Å². The largest absolute Gasteiger partial charge is 0.394 e. The third-order valence-electron chi connectivity index (χ3n) is 2.99. The fraction of sp³-hybridized carbons (Fsp3) is 0.200. The second-order valence-electron chi connectivity index (χ2n) is 4.88. The number of anilines is 2. The van der Waals surface area contributed by atoms with Crippen molar-refractivity contribution >= 4 is 49.3 Å². The zero-order valence-corrected chi connectivity index (χ0v) is 16.0. The van der Waals surface area contributed by atoms with Crippen LogP contribution in [0.1, 0.15) is 15.9 Å². The monoisotopic (exact) mass is 479 g/mol. The lowest BCUT2D eigenvalue weighted by molar-refractivity contribution is 0.0168. The van der Waals surface area contributed by atoms with Crippen molar-refractivity contribution < 1.29 is 23.5 Å². The molecular weight excluding hydrogens is 468 g/mol. The molecule has 10 heteroatoms. The van der Waals surface area contributed by atoms with Gasteiger partial charge < -0.3 is 10.4 Å². The van der Waals surface area contributed by atoms with E-state index in [0.717, 1.165) is 11.6 Å². The number of hydroxylamine groups is 1. The number of aliphatic hydroxyl groups excluding tert-OH is 1. The third kappa shape index (κ3) is 4.72. The Morgan fingerprint density at radius 3 is 2.64 bits per heavy atom. The summed E-state index contributed by atoms with van der Waals surface area (Å²) in [5, 5.41) is 11.3. The molecule has 0 aliphatic carbocycles. The van der Waals surface area contributed by atoms with Crippen molar-refractivity contribution in [2.24, 2.45) is 0 Å². The van der Waals surface area contributed by atoms with Gasteiger partial charge in [0.2, 0.25) is 0 Å². The summed E-state index contributed by atoms with van der Waals surface area (Å²) < 4.78 is 28.6. The number of rotatable bonds is 6. The van der Waals surface area contributed by atoms with Gasteiger partial charge in [-0.25, -0.2) is 19.2 Å². The van der Waals surface area contributed by atoms with Crippen molar-refractivity contribution in [2.45, 2.75) is 6.92 Å². The molecule has 2 rings (SSSR count). The van der Waals surface area contributed by atoms with E-state index in [-0.39, 0.29) is 29.1 Å². The van der Waals surface area contributed by atoms with E-state index in [1.165, 1.54) is 6.20 Å². The molecular formula is C15H13Br2F2N3O3. The molecule has 0 aliphatic rings. The van der Waals surface area contributed by atoms with Crippen LogP contribution in [0.15, 0.2) is 27.3 Å². The summed E-state index contributed by atoms with van der Waals surface area (Å²) in [6, 6.07) is 2.84. The molecule has 3 N–H and O–H groups in total. The molecule has 1 aromatic carbocycles. The van der Waals surface area contributed by atoms with Gasteiger partial charge in [0, 0.05) is 6.20 Å². The Hall–Kier alpha value is -1.62. The van der Waals surface area contributed by atoms with E-state index >= 15 is 0 Å². The number of hydrogen-bond donors (Lipinski definition) is 3. The van der Waals surface area contributed by atoms with Gasteiger partial charge in [-0.05, 0) is 56.5 Å². The van der Waals surface area contributed by atoms with E-state index in [0.29, 0.717) is 4.47 Å². The van der Waals surface area contributed by atoms with Crippen LogP contribution in [0.2, 0.25) is 0 Å². The highest BCUT2D eigenvalue weighted by Crippen LogP contribution is 2.33. The molecule has 0 bridgehead atoms. The van der Waals surface area contributed by atoms with Gasteiger partial charge in [0.15, 0.2) is 11.6 Å². The van der Waals surface area contributed by atoms with Crippen LogP contribution in [-0.4, -0.2) is 29.2 Å². The van der Waals surface area contributed by atoms with Gasteiger partial charge in [-0.15, -0.1) is 0 Å². The molecule has 6 nitrogen and oxygen atoms in total. The highest BCUT2D eigenvalue weighted by molar-refractivity contribution is 9.10. The maximum absolute atomic E-state index is 14.4. The van der Waals surface area contributed by atoms with Gasteiger partial charge >= 0.3 is 0 Å². The van der Waals surface area contributed by atoms with E-state index in [2.05, 4.69) is 42.2 Å². The summed E-state index contributed by atoms with van der Waals surface area (Å²) in [5.41, 5.74) is 2.29. The fourth-order valence-electron chi connectivity index (χ4n) is 1.86. The Balaban J connectivity index is 2.44. The average molecular weight is 481 g/mol. The number of nitrogens with zero attached hydrogens (tertiary/aromatic N) is 1. The number of halogens is 4. The summed E-state index contributed by atoms with van der Waals surface area (Å²) >= 11 is 6.13. The number of benzene rings is 1. The summed E-state index contributed by atoms with van der Waals surface area (Å²) in [6.45, 7) is 1.36. The minimum atomic E-state index is -1.25. The molecule has 1 amide bonds. The highest BCUT2D eigenvalue weighted by atomic mass is 79.9. The number of aryl methyl sites for hydroxylation is 1. The number of aromatic nitrogens is 1. The quantitative estimate of drug-likeness (QED) is 0.334. The molecule has 25 heavy (non-hydrogen) atoms. The van der Waals surface area contributed by atoms with E-state index in [9.17, 15) is 13.6 Å². The van der Waals surface area contributed by atoms with Crippen molar-refractivity contribution in [1.82, 2.24) is 10.5 Å². The van der Waals surface area contributed by atoms with Crippen molar-refractivity contribution in [3.05, 3.63) is 50.0 Å². The van der Waals surface area contributed by atoms with Gasteiger partial charge in [0.1, 0.15) is 5.82 Å². The van der Waals surface area contributed by atoms with Gasteiger partial charge in [-0.1, -0.05) is 0 Å². The maximum atomic E-state index is 14.4. The number of amides is 1. The van der Waals surface area contributed by atoms with Gasteiger partial charge in [-0.3, -0.25) is 9.63 Å². The summed E-state index contributed by atoms with van der Waals surface area (Å²) in [7, 11) is 0. The summed E-state index contributed by atoms with van der Waals surface area (Å²) in [6.07, 6.45) is 1.53. The number of aliphatic hydroxyl groups is 1. The Morgan fingerprint density at radius 2 is 2.00 bits per heavy atom. The highest BCUT2D eigenvalue weighted by Gasteiger charge is 2.23. The average Bonchev–Trinajstić information content (AvgIpc) is 2.57. The molecule has 1 heterocycles. The van der Waals surface area contributed by atoms with Gasteiger partial charge in [0.25, 0.3) is 5.91 Å². The zero-order chi connectivity index (χ0) is 18.6. The smallest absolute Gasteiger partial charge is 0.277 e. The van der Waals surface area contributed by atoms with Crippen LogP contribution in [-0.2, 0) is 4.84 Å². The van der Waals surface area contributed by atoms with E-state index in [1.807, 2.05) is 12.4 Å². The van der Waals surface area contributed by atoms with Crippen LogP contribution in [0.5, 0.6) is 0 Å². The van der Waals surface area contributed by atoms with Crippen LogP contribution in [0.4, 0.5) is 20.3 Å². The predicted octanol–water partition coefficient (Wildman–Crippen LogP) is 3.59. The molecule has 0 spiro atoms. The van der Waals surface area contributed by atoms with Crippen LogP contribution < -0.4 is 10.8 Å². The number of nitrogens with one attached hydrogen (secondary N) is 2. The molecule has 0 saturated heterocycles. The van der Waals surface area contributed by atoms with E-state index < -0.39 is 23.2 Å². The third-order valence-corrected chi connectivity index (χ3v) is 4.17. The molecule has 0 fully saturated rings. The second kappa shape index (κ2) is 8.65. The van der Waals surface area contributed by atoms with Crippen molar-refractivity contribution in [3.8, 4) is 0 Å². The number of pyridine rings is 1. The lowest BCUT2D eigenvalue weighted by Gasteiger charge is -2.15. The first-order valence-electron chi connectivity index (χ1n) is 6.94. The molecule has 0 aliphatic heterocycles. The molecule has 0 saturated carbocycles. The van der Waals surface area contributed by atoms with Crippen LogP contribution in [0.25, 0.3) is 0 Å². The van der Waals surface area contributed by atoms with Crippen LogP contribution in [0, 0.1) is 18.6 Å². The molecule has 0 radical (unpaired) electrons. The molecule has 1 aromatic heterocycles. The lowest BCUT2D eigenvalue weighted by atomic mass is 10.1. The first kappa shape index (κ1) is 19.7.